The highest BCUT2D eigenvalue weighted by Crippen LogP contribution is 2.20. The average Bonchev–Trinajstić information content (AvgIpc) is 2.33. The molecule has 0 saturated heterocycles. The number of hydrogen-bond donors (Lipinski definition) is 1. The highest BCUT2D eigenvalue weighted by Gasteiger charge is 2.00. The summed E-state index contributed by atoms with van der Waals surface area (Å²) in [5.74, 6) is 0. The van der Waals surface area contributed by atoms with Gasteiger partial charge in [-0.25, -0.2) is 0 Å². The molecule has 3 heteroatoms. The van der Waals surface area contributed by atoms with Crippen LogP contribution in [0.3, 0.4) is 0 Å². The molecule has 0 saturated carbocycles. The molecule has 0 amide bonds. The van der Waals surface area contributed by atoms with Crippen molar-refractivity contribution >= 4 is 11.8 Å². The summed E-state index contributed by atoms with van der Waals surface area (Å²) in [6, 6.07) is 1.77. The number of rotatable bonds is 2. The van der Waals surface area contributed by atoms with E-state index in [0.717, 1.165) is 10.7 Å². The summed E-state index contributed by atoms with van der Waals surface area (Å²) in [4.78, 5) is 0. The monoisotopic (exact) mass is 144 g/mol. The zero-order valence-electron chi connectivity index (χ0n) is 5.13. The number of furan rings is 1. The summed E-state index contributed by atoms with van der Waals surface area (Å²) in [6.07, 6.45) is 3.50. The van der Waals surface area contributed by atoms with Crippen molar-refractivity contribution in [3.8, 4) is 0 Å². The van der Waals surface area contributed by atoms with Gasteiger partial charge in [-0.05, 0) is 12.3 Å². The van der Waals surface area contributed by atoms with Crippen LogP contribution in [0.4, 0.5) is 0 Å². The van der Waals surface area contributed by atoms with Crippen molar-refractivity contribution in [1.82, 2.24) is 0 Å². The molecule has 0 bridgehead atoms. The van der Waals surface area contributed by atoms with Gasteiger partial charge in [0, 0.05) is 5.56 Å². The molecule has 0 aliphatic rings. The van der Waals surface area contributed by atoms with Gasteiger partial charge in [0.25, 0.3) is 0 Å². The highest BCUT2D eigenvalue weighted by molar-refractivity contribution is 7.98. The molecule has 0 radical (unpaired) electrons. The molecule has 0 aliphatic heterocycles. The lowest BCUT2D eigenvalue weighted by atomic mass is 10.4. The van der Waals surface area contributed by atoms with Crippen LogP contribution in [0.2, 0.25) is 0 Å². The van der Waals surface area contributed by atoms with Crippen molar-refractivity contribution in [2.75, 3.05) is 6.26 Å². The largest absolute Gasteiger partial charge is 0.458 e. The van der Waals surface area contributed by atoms with E-state index in [1.54, 1.807) is 12.3 Å². The van der Waals surface area contributed by atoms with Crippen molar-refractivity contribution in [3.05, 3.63) is 17.9 Å². The third-order valence-electron chi connectivity index (χ3n) is 1.06. The van der Waals surface area contributed by atoms with Crippen molar-refractivity contribution in [2.45, 2.75) is 11.7 Å². The molecule has 0 fully saturated rings. The molecule has 9 heavy (non-hydrogen) atoms. The molecule has 50 valence electrons. The molecular weight excluding hydrogens is 136 g/mol. The smallest absolute Gasteiger partial charge is 0.165 e. The van der Waals surface area contributed by atoms with Gasteiger partial charge in [0.15, 0.2) is 5.09 Å². The van der Waals surface area contributed by atoms with Crippen molar-refractivity contribution < 1.29 is 9.52 Å². The molecule has 0 unspecified atom stereocenters. The average molecular weight is 144 g/mol. The lowest BCUT2D eigenvalue weighted by molar-refractivity contribution is 0.274. The van der Waals surface area contributed by atoms with Gasteiger partial charge in [0.05, 0.1) is 12.9 Å². The normalized spacial score (nSPS) is 10.0. The molecule has 1 N–H and O–H groups in total. The first-order valence-corrected chi connectivity index (χ1v) is 3.82. The summed E-state index contributed by atoms with van der Waals surface area (Å²) >= 11 is 1.50. The summed E-state index contributed by atoms with van der Waals surface area (Å²) in [6.45, 7) is 0.0622. The molecular formula is C6H8O2S. The lowest BCUT2D eigenvalue weighted by Gasteiger charge is -1.90. The Balaban J connectivity index is 2.85. The predicted octanol–water partition coefficient (Wildman–Crippen LogP) is 1.49. The standard InChI is InChI=1S/C6H8O2S/c1-9-6-5(4-7)2-3-8-6/h2-3,7H,4H2,1H3. The molecule has 2 nitrogen and oxygen atoms in total. The van der Waals surface area contributed by atoms with Gasteiger partial charge in [-0.3, -0.25) is 0 Å². The van der Waals surface area contributed by atoms with Gasteiger partial charge in [-0.2, -0.15) is 0 Å². The number of hydrogen-bond acceptors (Lipinski definition) is 3. The zero-order valence-corrected chi connectivity index (χ0v) is 5.94. The SMILES string of the molecule is CSc1occc1CO. The fourth-order valence-electron chi connectivity index (χ4n) is 0.618. The molecule has 1 aromatic heterocycles. The lowest BCUT2D eigenvalue weighted by Crippen LogP contribution is -1.78. The van der Waals surface area contributed by atoms with Crippen LogP contribution in [0.1, 0.15) is 5.56 Å². The van der Waals surface area contributed by atoms with E-state index in [2.05, 4.69) is 0 Å². The summed E-state index contributed by atoms with van der Waals surface area (Å²) in [5.41, 5.74) is 0.863. The van der Waals surface area contributed by atoms with E-state index in [0.29, 0.717) is 0 Å². The quantitative estimate of drug-likeness (QED) is 0.638. The third kappa shape index (κ3) is 1.28. The Labute approximate surface area is 57.9 Å². The van der Waals surface area contributed by atoms with E-state index in [-0.39, 0.29) is 6.61 Å². The first kappa shape index (κ1) is 6.71. The third-order valence-corrected chi connectivity index (χ3v) is 1.79. The van der Waals surface area contributed by atoms with Crippen LogP contribution in [0.15, 0.2) is 21.8 Å². The Morgan fingerprint density at radius 3 is 3.00 bits per heavy atom. The van der Waals surface area contributed by atoms with Gasteiger partial charge in [-0.1, -0.05) is 11.8 Å². The maximum absolute atomic E-state index is 8.67. The summed E-state index contributed by atoms with van der Waals surface area (Å²) < 4.78 is 5.01. The van der Waals surface area contributed by atoms with E-state index in [1.165, 1.54) is 11.8 Å². The number of aliphatic hydroxyl groups is 1. The first-order chi connectivity index (χ1) is 4.38. The molecule has 1 heterocycles. The minimum Gasteiger partial charge on any atom is -0.458 e. The molecule has 1 aromatic rings. The van der Waals surface area contributed by atoms with Crippen LogP contribution in [0, 0.1) is 0 Å². The van der Waals surface area contributed by atoms with E-state index in [9.17, 15) is 0 Å². The summed E-state index contributed by atoms with van der Waals surface area (Å²) in [7, 11) is 0. The Morgan fingerprint density at radius 1 is 1.78 bits per heavy atom. The number of thioether (sulfide) groups is 1. The summed E-state index contributed by atoms with van der Waals surface area (Å²) in [5, 5.41) is 9.47. The van der Waals surface area contributed by atoms with Crippen LogP contribution >= 0.6 is 11.8 Å². The van der Waals surface area contributed by atoms with Crippen molar-refractivity contribution in [3.63, 3.8) is 0 Å². The molecule has 0 atom stereocenters. The Bertz CT molecular complexity index is 164. The first-order valence-electron chi connectivity index (χ1n) is 2.59. The van der Waals surface area contributed by atoms with Crippen molar-refractivity contribution in [1.29, 1.82) is 0 Å². The van der Waals surface area contributed by atoms with Crippen molar-refractivity contribution in [2.24, 2.45) is 0 Å². The predicted molar refractivity (Wildman–Crippen MR) is 36.4 cm³/mol. The van der Waals surface area contributed by atoms with Crippen LogP contribution in [0.5, 0.6) is 0 Å². The molecule has 0 aromatic carbocycles. The fraction of sp³-hybridized carbons (Fsp3) is 0.333. The second-order valence-electron chi connectivity index (χ2n) is 1.60. The molecule has 0 aliphatic carbocycles. The van der Waals surface area contributed by atoms with E-state index in [1.807, 2.05) is 6.26 Å². The van der Waals surface area contributed by atoms with Gasteiger partial charge in [0.2, 0.25) is 0 Å². The topological polar surface area (TPSA) is 33.4 Å². The van der Waals surface area contributed by atoms with Crippen LogP contribution in [-0.2, 0) is 6.61 Å². The fourth-order valence-corrected chi connectivity index (χ4v) is 1.16. The minimum absolute atomic E-state index is 0.0622. The van der Waals surface area contributed by atoms with Crippen LogP contribution in [-0.4, -0.2) is 11.4 Å². The van der Waals surface area contributed by atoms with E-state index < -0.39 is 0 Å². The minimum atomic E-state index is 0.0622. The van der Waals surface area contributed by atoms with Gasteiger partial charge < -0.3 is 9.52 Å². The Kier molecular flexibility index (Phi) is 2.19. The van der Waals surface area contributed by atoms with Crippen LogP contribution in [0.25, 0.3) is 0 Å². The van der Waals surface area contributed by atoms with E-state index in [4.69, 9.17) is 9.52 Å². The van der Waals surface area contributed by atoms with Crippen LogP contribution < -0.4 is 0 Å². The second-order valence-corrected chi connectivity index (χ2v) is 2.37. The zero-order chi connectivity index (χ0) is 6.69. The Hall–Kier alpha value is -0.410. The highest BCUT2D eigenvalue weighted by atomic mass is 32.2. The Morgan fingerprint density at radius 2 is 2.56 bits per heavy atom. The molecule has 1 rings (SSSR count). The maximum Gasteiger partial charge on any atom is 0.165 e. The second kappa shape index (κ2) is 2.94. The van der Waals surface area contributed by atoms with E-state index >= 15 is 0 Å². The number of aliphatic hydroxyl groups excluding tert-OH is 1. The van der Waals surface area contributed by atoms with Gasteiger partial charge >= 0.3 is 0 Å². The van der Waals surface area contributed by atoms with Gasteiger partial charge in [-0.15, -0.1) is 0 Å². The van der Waals surface area contributed by atoms with Gasteiger partial charge in [0.1, 0.15) is 0 Å². The maximum atomic E-state index is 8.67. The molecule has 0 spiro atoms.